The average Bonchev–Trinajstić information content (AvgIpc) is 3.19. The van der Waals surface area contributed by atoms with Crippen LogP contribution in [0.25, 0.3) is 18.0 Å². The molecule has 1 aliphatic carbocycles. The van der Waals surface area contributed by atoms with Crippen LogP contribution < -0.4 is 10.6 Å². The molecule has 0 fully saturated rings. The van der Waals surface area contributed by atoms with E-state index in [9.17, 15) is 0 Å². The van der Waals surface area contributed by atoms with Gasteiger partial charge in [0.15, 0.2) is 5.82 Å². The molecule has 2 N–H and O–H groups in total. The number of rotatable bonds is 7. The lowest BCUT2D eigenvalue weighted by molar-refractivity contribution is 0.106. The molecule has 3 aromatic rings. The molecule has 0 radical (unpaired) electrons. The third-order valence-corrected chi connectivity index (χ3v) is 4.95. The Balaban J connectivity index is 1.49. The second kappa shape index (κ2) is 9.42. The number of fused-ring (bicyclic) bond motifs is 1. The van der Waals surface area contributed by atoms with Crippen molar-refractivity contribution in [3.63, 3.8) is 0 Å². The quantitative estimate of drug-likeness (QED) is 0.554. The van der Waals surface area contributed by atoms with E-state index in [1.807, 2.05) is 41.1 Å². The van der Waals surface area contributed by atoms with Crippen molar-refractivity contribution < 1.29 is 4.74 Å². The van der Waals surface area contributed by atoms with Gasteiger partial charge in [-0.15, -0.1) is 0 Å². The van der Waals surface area contributed by atoms with Gasteiger partial charge in [-0.1, -0.05) is 18.2 Å². The van der Waals surface area contributed by atoms with E-state index in [0.29, 0.717) is 0 Å². The highest BCUT2D eigenvalue weighted by Crippen LogP contribution is 2.22. The first-order valence-corrected chi connectivity index (χ1v) is 10.6. The van der Waals surface area contributed by atoms with Crippen LogP contribution in [-0.4, -0.2) is 49.4 Å². The molecule has 8 nitrogen and oxygen atoms in total. The number of imidazole rings is 1. The molecule has 2 unspecified atom stereocenters. The first-order valence-electron chi connectivity index (χ1n) is 10.6. The van der Waals surface area contributed by atoms with E-state index in [0.717, 1.165) is 35.0 Å². The van der Waals surface area contributed by atoms with Crippen LogP contribution in [0.4, 0.5) is 5.82 Å². The maximum atomic E-state index is 5.62. The molecule has 166 valence electrons. The van der Waals surface area contributed by atoms with Gasteiger partial charge in [0.05, 0.1) is 23.8 Å². The summed E-state index contributed by atoms with van der Waals surface area (Å²) in [5.74, 6) is 1.47. The van der Waals surface area contributed by atoms with Crippen LogP contribution in [0.1, 0.15) is 37.7 Å². The van der Waals surface area contributed by atoms with Crippen molar-refractivity contribution >= 4 is 18.0 Å². The molecule has 0 aromatic carbocycles. The molecule has 1 aliphatic rings. The first-order chi connectivity index (χ1) is 15.4. The molecule has 0 saturated carbocycles. The minimum Gasteiger partial charge on any atom is -0.364 e. The number of hydrogen-bond acceptors (Lipinski definition) is 7. The van der Waals surface area contributed by atoms with E-state index in [1.54, 1.807) is 32.0 Å². The SMILES string of the molecule is COC(/C=C\c1cccnc1)NC1C=Cc2ncn(-c3cncc(NC(C)(C)C)n3)c2C1. The lowest BCUT2D eigenvalue weighted by atomic mass is 10.0. The number of anilines is 1. The fourth-order valence-electron chi connectivity index (χ4n) is 3.53. The second-order valence-corrected chi connectivity index (χ2v) is 8.72. The summed E-state index contributed by atoms with van der Waals surface area (Å²) >= 11 is 0. The normalized spacial score (nSPS) is 16.8. The molecular formula is C24H29N7O. The number of aromatic nitrogens is 5. The lowest BCUT2D eigenvalue weighted by Gasteiger charge is -2.24. The average molecular weight is 432 g/mol. The van der Waals surface area contributed by atoms with E-state index >= 15 is 0 Å². The Labute approximate surface area is 188 Å². The molecule has 0 saturated heterocycles. The van der Waals surface area contributed by atoms with Crippen molar-refractivity contribution in [1.29, 1.82) is 0 Å². The van der Waals surface area contributed by atoms with E-state index in [-0.39, 0.29) is 17.8 Å². The molecule has 0 aliphatic heterocycles. The van der Waals surface area contributed by atoms with Gasteiger partial charge < -0.3 is 10.1 Å². The van der Waals surface area contributed by atoms with Crippen molar-refractivity contribution in [2.45, 2.75) is 45.0 Å². The first kappa shape index (κ1) is 21.9. The van der Waals surface area contributed by atoms with Crippen LogP contribution in [0.3, 0.4) is 0 Å². The summed E-state index contributed by atoms with van der Waals surface area (Å²) < 4.78 is 7.62. The standard InChI is InChI=1S/C24H29N7O/c1-24(2,3)30-21-14-26-15-22(29-21)31-16-27-19-9-8-18(12-20(19)31)28-23(32-4)10-7-17-6-5-11-25-13-17/h5-11,13-16,18,23,28H,12H2,1-4H3,(H,29,30)/b10-7-. The molecule has 0 spiro atoms. The van der Waals surface area contributed by atoms with Gasteiger partial charge in [-0.25, -0.2) is 9.97 Å². The molecule has 2 atom stereocenters. The topological polar surface area (TPSA) is 89.8 Å². The van der Waals surface area contributed by atoms with Crippen molar-refractivity contribution in [2.24, 2.45) is 0 Å². The Kier molecular flexibility index (Phi) is 6.43. The Hall–Kier alpha value is -3.36. The Morgan fingerprint density at radius 3 is 2.84 bits per heavy atom. The van der Waals surface area contributed by atoms with Crippen molar-refractivity contribution in [2.75, 3.05) is 12.4 Å². The number of hydrogen-bond donors (Lipinski definition) is 2. The van der Waals surface area contributed by atoms with Gasteiger partial charge in [-0.05, 0) is 44.6 Å². The number of pyridine rings is 1. The molecule has 0 bridgehead atoms. The van der Waals surface area contributed by atoms with E-state index < -0.39 is 0 Å². The predicted octanol–water partition coefficient (Wildman–Crippen LogP) is 3.48. The zero-order valence-electron chi connectivity index (χ0n) is 18.9. The largest absolute Gasteiger partial charge is 0.364 e. The third-order valence-electron chi connectivity index (χ3n) is 4.95. The predicted molar refractivity (Wildman–Crippen MR) is 126 cm³/mol. The summed E-state index contributed by atoms with van der Waals surface area (Å²) in [6, 6.07) is 4.01. The molecule has 4 rings (SSSR count). The van der Waals surface area contributed by atoms with Crippen LogP contribution in [0, 0.1) is 0 Å². The van der Waals surface area contributed by atoms with Crippen LogP contribution in [0.15, 0.2) is 55.4 Å². The lowest BCUT2D eigenvalue weighted by Crippen LogP contribution is -2.39. The second-order valence-electron chi connectivity index (χ2n) is 8.72. The highest BCUT2D eigenvalue weighted by Gasteiger charge is 2.22. The van der Waals surface area contributed by atoms with Gasteiger partial charge in [-0.3, -0.25) is 19.9 Å². The third kappa shape index (κ3) is 5.46. The van der Waals surface area contributed by atoms with Crippen LogP contribution in [0.2, 0.25) is 0 Å². The summed E-state index contributed by atoms with van der Waals surface area (Å²) in [5.41, 5.74) is 2.95. The Bertz CT molecular complexity index is 1100. The molecule has 0 amide bonds. The van der Waals surface area contributed by atoms with E-state index in [4.69, 9.17) is 9.72 Å². The zero-order chi connectivity index (χ0) is 22.6. The Morgan fingerprint density at radius 2 is 2.09 bits per heavy atom. The van der Waals surface area contributed by atoms with Gasteiger partial charge in [0.25, 0.3) is 0 Å². The molecule has 32 heavy (non-hydrogen) atoms. The number of nitrogens with zero attached hydrogens (tertiary/aromatic N) is 5. The number of ether oxygens (including phenoxy) is 1. The Morgan fingerprint density at radius 1 is 1.22 bits per heavy atom. The van der Waals surface area contributed by atoms with Gasteiger partial charge >= 0.3 is 0 Å². The number of methoxy groups -OCH3 is 1. The summed E-state index contributed by atoms with van der Waals surface area (Å²) in [7, 11) is 1.69. The number of nitrogens with one attached hydrogen (secondary N) is 2. The van der Waals surface area contributed by atoms with Crippen LogP contribution in [0.5, 0.6) is 0 Å². The fraction of sp³-hybridized carbons (Fsp3) is 0.333. The smallest absolute Gasteiger partial charge is 0.159 e. The monoisotopic (exact) mass is 431 g/mol. The summed E-state index contributed by atoms with van der Waals surface area (Å²) in [6.07, 6.45) is 17.5. The van der Waals surface area contributed by atoms with Gasteiger partial charge in [0.2, 0.25) is 0 Å². The molecular weight excluding hydrogens is 402 g/mol. The summed E-state index contributed by atoms with van der Waals surface area (Å²) in [4.78, 5) is 17.8. The van der Waals surface area contributed by atoms with Gasteiger partial charge in [0, 0.05) is 37.5 Å². The van der Waals surface area contributed by atoms with Crippen molar-refractivity contribution in [3.05, 3.63) is 72.4 Å². The molecule has 8 heteroatoms. The minimum absolute atomic E-state index is 0.0882. The summed E-state index contributed by atoms with van der Waals surface area (Å²) in [5, 5.41) is 6.89. The maximum Gasteiger partial charge on any atom is 0.159 e. The molecule has 3 heterocycles. The summed E-state index contributed by atoms with van der Waals surface area (Å²) in [6.45, 7) is 6.28. The van der Waals surface area contributed by atoms with Crippen molar-refractivity contribution in [3.8, 4) is 5.82 Å². The van der Waals surface area contributed by atoms with Crippen molar-refractivity contribution in [1.82, 2.24) is 29.8 Å². The maximum absolute atomic E-state index is 5.62. The van der Waals surface area contributed by atoms with Gasteiger partial charge in [-0.2, -0.15) is 0 Å². The highest BCUT2D eigenvalue weighted by molar-refractivity contribution is 5.54. The van der Waals surface area contributed by atoms with E-state index in [1.165, 1.54) is 0 Å². The zero-order valence-corrected chi connectivity index (χ0v) is 18.9. The van der Waals surface area contributed by atoms with Gasteiger partial charge in [0.1, 0.15) is 18.4 Å². The highest BCUT2D eigenvalue weighted by atomic mass is 16.5. The van der Waals surface area contributed by atoms with E-state index in [2.05, 4.69) is 52.4 Å². The molecule has 3 aromatic heterocycles. The fourth-order valence-corrected chi connectivity index (χ4v) is 3.53. The van der Waals surface area contributed by atoms with Crippen LogP contribution >= 0.6 is 0 Å². The van der Waals surface area contributed by atoms with Crippen LogP contribution in [-0.2, 0) is 11.2 Å². The minimum atomic E-state index is -0.234.